The first-order valence-corrected chi connectivity index (χ1v) is 8.61. The highest BCUT2D eigenvalue weighted by Gasteiger charge is 2.13. The van der Waals surface area contributed by atoms with Crippen molar-refractivity contribution in [2.45, 2.75) is 20.0 Å². The molecule has 1 amide bonds. The van der Waals surface area contributed by atoms with Gasteiger partial charge in [0.25, 0.3) is 5.56 Å². The summed E-state index contributed by atoms with van der Waals surface area (Å²) in [6, 6.07) is 18.6. The third-order valence-corrected chi connectivity index (χ3v) is 4.26. The minimum absolute atomic E-state index is 0.158. The maximum absolute atomic E-state index is 12.3. The van der Waals surface area contributed by atoms with E-state index in [2.05, 4.69) is 10.4 Å². The van der Waals surface area contributed by atoms with Crippen LogP contribution < -0.4 is 15.6 Å². The van der Waals surface area contributed by atoms with Gasteiger partial charge in [-0.05, 0) is 18.1 Å². The Bertz CT molecular complexity index is 997. The van der Waals surface area contributed by atoms with Crippen LogP contribution in [0, 0.1) is 6.92 Å². The van der Waals surface area contributed by atoms with Crippen molar-refractivity contribution in [2.24, 2.45) is 0 Å². The van der Waals surface area contributed by atoms with Gasteiger partial charge in [-0.2, -0.15) is 5.10 Å². The maximum atomic E-state index is 12.3. The highest BCUT2D eigenvalue weighted by molar-refractivity contribution is 5.75. The summed E-state index contributed by atoms with van der Waals surface area (Å²) in [6.07, 6.45) is 0. The summed E-state index contributed by atoms with van der Waals surface area (Å²) in [6.45, 7) is 2.24. The summed E-state index contributed by atoms with van der Waals surface area (Å²) in [4.78, 5) is 24.6. The average Bonchev–Trinajstić information content (AvgIpc) is 2.69. The number of aryl methyl sites for hydroxylation is 1. The first kappa shape index (κ1) is 18.4. The topological polar surface area (TPSA) is 73.2 Å². The molecule has 27 heavy (non-hydrogen) atoms. The van der Waals surface area contributed by atoms with Crippen LogP contribution in [0.1, 0.15) is 11.1 Å². The number of rotatable bonds is 6. The molecule has 1 aromatic heterocycles. The Morgan fingerprint density at radius 1 is 1.11 bits per heavy atom. The SMILES string of the molecule is COc1cc(=O)n(CC(=O)NCc2ccccc2C)nc1-c1ccccc1. The highest BCUT2D eigenvalue weighted by atomic mass is 16.5. The van der Waals surface area contributed by atoms with Gasteiger partial charge in [0.2, 0.25) is 5.91 Å². The monoisotopic (exact) mass is 363 g/mol. The molecule has 3 rings (SSSR count). The Morgan fingerprint density at radius 3 is 2.52 bits per heavy atom. The van der Waals surface area contributed by atoms with Gasteiger partial charge in [0.15, 0.2) is 5.75 Å². The molecular weight excluding hydrogens is 342 g/mol. The fraction of sp³-hybridized carbons (Fsp3) is 0.190. The number of hydrogen-bond donors (Lipinski definition) is 1. The molecular formula is C21H21N3O3. The Kier molecular flexibility index (Phi) is 5.66. The lowest BCUT2D eigenvalue weighted by Gasteiger charge is -2.12. The predicted octanol–water partition coefficient (Wildman–Crippen LogP) is 2.54. The van der Waals surface area contributed by atoms with Gasteiger partial charge in [0, 0.05) is 18.2 Å². The number of benzene rings is 2. The molecule has 1 heterocycles. The van der Waals surface area contributed by atoms with Gasteiger partial charge in [0.1, 0.15) is 12.2 Å². The lowest BCUT2D eigenvalue weighted by molar-refractivity contribution is -0.122. The molecule has 0 radical (unpaired) electrons. The molecule has 0 fully saturated rings. The molecule has 0 atom stereocenters. The van der Waals surface area contributed by atoms with E-state index in [0.29, 0.717) is 18.0 Å². The van der Waals surface area contributed by atoms with Crippen molar-refractivity contribution in [1.82, 2.24) is 15.1 Å². The molecule has 6 heteroatoms. The highest BCUT2D eigenvalue weighted by Crippen LogP contribution is 2.25. The number of hydrogen-bond acceptors (Lipinski definition) is 4. The molecule has 138 valence electrons. The Balaban J connectivity index is 1.79. The van der Waals surface area contributed by atoms with Crippen LogP contribution in [-0.4, -0.2) is 22.8 Å². The van der Waals surface area contributed by atoms with E-state index in [4.69, 9.17) is 4.74 Å². The van der Waals surface area contributed by atoms with Crippen LogP contribution in [-0.2, 0) is 17.9 Å². The fourth-order valence-electron chi connectivity index (χ4n) is 2.73. The van der Waals surface area contributed by atoms with E-state index in [1.165, 1.54) is 13.2 Å². The zero-order valence-corrected chi connectivity index (χ0v) is 15.3. The van der Waals surface area contributed by atoms with Gasteiger partial charge in [-0.1, -0.05) is 54.6 Å². The predicted molar refractivity (Wildman–Crippen MR) is 104 cm³/mol. The maximum Gasteiger partial charge on any atom is 0.270 e. The number of carbonyl (C=O) groups is 1. The summed E-state index contributed by atoms with van der Waals surface area (Å²) in [7, 11) is 1.49. The van der Waals surface area contributed by atoms with Crippen molar-refractivity contribution < 1.29 is 9.53 Å². The van der Waals surface area contributed by atoms with E-state index in [-0.39, 0.29) is 12.5 Å². The van der Waals surface area contributed by atoms with E-state index in [1.54, 1.807) is 0 Å². The minimum atomic E-state index is -0.391. The Labute approximate surface area is 157 Å². The molecule has 0 saturated heterocycles. The Hall–Kier alpha value is -3.41. The minimum Gasteiger partial charge on any atom is -0.494 e. The molecule has 0 aliphatic heterocycles. The first-order chi connectivity index (χ1) is 13.1. The lowest BCUT2D eigenvalue weighted by atomic mass is 10.1. The van der Waals surface area contributed by atoms with Gasteiger partial charge in [0.05, 0.1) is 7.11 Å². The fourth-order valence-corrected chi connectivity index (χ4v) is 2.73. The third kappa shape index (κ3) is 4.41. The molecule has 3 aromatic rings. The van der Waals surface area contributed by atoms with Gasteiger partial charge >= 0.3 is 0 Å². The number of nitrogens with zero attached hydrogens (tertiary/aromatic N) is 2. The molecule has 0 aliphatic carbocycles. The van der Waals surface area contributed by atoms with Crippen LogP contribution in [0.4, 0.5) is 0 Å². The van der Waals surface area contributed by atoms with Gasteiger partial charge < -0.3 is 10.1 Å². The summed E-state index contributed by atoms with van der Waals surface area (Å²) in [5, 5.41) is 7.18. The van der Waals surface area contributed by atoms with E-state index in [1.807, 2.05) is 61.5 Å². The number of carbonyl (C=O) groups excluding carboxylic acids is 1. The molecule has 2 aromatic carbocycles. The largest absolute Gasteiger partial charge is 0.494 e. The van der Waals surface area contributed by atoms with Crippen molar-refractivity contribution in [3.63, 3.8) is 0 Å². The summed E-state index contributed by atoms with van der Waals surface area (Å²) in [5.41, 5.74) is 3.07. The third-order valence-electron chi connectivity index (χ3n) is 4.26. The second-order valence-electron chi connectivity index (χ2n) is 6.13. The molecule has 0 aliphatic rings. The van der Waals surface area contributed by atoms with Crippen LogP contribution >= 0.6 is 0 Å². The van der Waals surface area contributed by atoms with E-state index < -0.39 is 5.56 Å². The van der Waals surface area contributed by atoms with E-state index >= 15 is 0 Å². The second-order valence-corrected chi connectivity index (χ2v) is 6.13. The zero-order valence-electron chi connectivity index (χ0n) is 15.3. The van der Waals surface area contributed by atoms with Crippen molar-refractivity contribution in [2.75, 3.05) is 7.11 Å². The molecule has 1 N–H and O–H groups in total. The van der Waals surface area contributed by atoms with Gasteiger partial charge in [-0.15, -0.1) is 0 Å². The number of amides is 1. The lowest BCUT2D eigenvalue weighted by Crippen LogP contribution is -2.33. The summed E-state index contributed by atoms with van der Waals surface area (Å²) >= 11 is 0. The quantitative estimate of drug-likeness (QED) is 0.730. The number of nitrogens with one attached hydrogen (secondary N) is 1. The molecule has 0 spiro atoms. The normalized spacial score (nSPS) is 10.4. The molecule has 6 nitrogen and oxygen atoms in total. The molecule has 0 unspecified atom stereocenters. The number of methoxy groups -OCH3 is 1. The first-order valence-electron chi connectivity index (χ1n) is 8.61. The number of ether oxygens (including phenoxy) is 1. The van der Waals surface area contributed by atoms with Gasteiger partial charge in [-0.3, -0.25) is 9.59 Å². The van der Waals surface area contributed by atoms with Crippen LogP contribution in [0.25, 0.3) is 11.3 Å². The molecule has 0 bridgehead atoms. The van der Waals surface area contributed by atoms with E-state index in [9.17, 15) is 9.59 Å². The summed E-state index contributed by atoms with van der Waals surface area (Å²) in [5.74, 6) is 0.0970. The van der Waals surface area contributed by atoms with Crippen molar-refractivity contribution in [3.8, 4) is 17.0 Å². The van der Waals surface area contributed by atoms with Crippen molar-refractivity contribution in [1.29, 1.82) is 0 Å². The van der Waals surface area contributed by atoms with Gasteiger partial charge in [-0.25, -0.2) is 4.68 Å². The van der Waals surface area contributed by atoms with Crippen LogP contribution in [0.3, 0.4) is 0 Å². The smallest absolute Gasteiger partial charge is 0.270 e. The summed E-state index contributed by atoms with van der Waals surface area (Å²) < 4.78 is 6.43. The average molecular weight is 363 g/mol. The molecule has 0 saturated carbocycles. The van der Waals surface area contributed by atoms with Crippen LogP contribution in [0.2, 0.25) is 0 Å². The van der Waals surface area contributed by atoms with E-state index in [0.717, 1.165) is 21.4 Å². The van der Waals surface area contributed by atoms with Crippen LogP contribution in [0.15, 0.2) is 65.5 Å². The van der Waals surface area contributed by atoms with Crippen molar-refractivity contribution in [3.05, 3.63) is 82.1 Å². The standard InChI is InChI=1S/C21H21N3O3/c1-15-8-6-7-11-17(15)13-22-19(25)14-24-20(26)12-18(27-2)21(23-24)16-9-4-3-5-10-16/h3-12H,13-14H2,1-2H3,(H,22,25). The number of aromatic nitrogens is 2. The second kappa shape index (κ2) is 8.31. The zero-order chi connectivity index (χ0) is 19.2. The van der Waals surface area contributed by atoms with Crippen molar-refractivity contribution >= 4 is 5.91 Å². The Morgan fingerprint density at radius 2 is 1.81 bits per heavy atom. The van der Waals surface area contributed by atoms with Crippen LogP contribution in [0.5, 0.6) is 5.75 Å².